The van der Waals surface area contributed by atoms with Gasteiger partial charge in [0, 0.05) is 18.1 Å². The van der Waals surface area contributed by atoms with Crippen LogP contribution in [-0.4, -0.2) is 15.3 Å². The first kappa shape index (κ1) is 16.0. The Hall–Kier alpha value is -2.90. The zero-order valence-corrected chi connectivity index (χ0v) is 12.1. The summed E-state index contributed by atoms with van der Waals surface area (Å²) in [6.45, 7) is 0. The van der Waals surface area contributed by atoms with Crippen LogP contribution < -0.4 is 5.32 Å². The van der Waals surface area contributed by atoms with Gasteiger partial charge in [-0.25, -0.2) is 9.37 Å². The van der Waals surface area contributed by atoms with Crippen LogP contribution in [0.15, 0.2) is 48.8 Å². The summed E-state index contributed by atoms with van der Waals surface area (Å²) in [5.41, 5.74) is 0.00378. The lowest BCUT2D eigenvalue weighted by Crippen LogP contribution is -2.17. The Morgan fingerprint density at radius 1 is 1.12 bits per heavy atom. The van der Waals surface area contributed by atoms with E-state index >= 15 is 0 Å². The number of pyridine rings is 1. The molecule has 124 valence electrons. The molecule has 0 atom stereocenters. The van der Waals surface area contributed by atoms with E-state index < -0.39 is 23.5 Å². The fraction of sp³-hybridized carbons (Fsp3) is 0.125. The highest BCUT2D eigenvalue weighted by molar-refractivity contribution is 5.92. The molecule has 0 bridgehead atoms. The van der Waals surface area contributed by atoms with Crippen molar-refractivity contribution in [3.63, 3.8) is 0 Å². The SMILES string of the molecule is O=C(Cc1c(F)ccc2nccn12)Nc1ccc(C(F)(F)F)cc1. The summed E-state index contributed by atoms with van der Waals surface area (Å²) in [7, 11) is 0. The third-order valence-electron chi connectivity index (χ3n) is 3.44. The zero-order chi connectivity index (χ0) is 17.3. The molecule has 1 amide bonds. The van der Waals surface area contributed by atoms with Crippen LogP contribution in [0, 0.1) is 5.82 Å². The van der Waals surface area contributed by atoms with Crippen LogP contribution in [0.3, 0.4) is 0 Å². The van der Waals surface area contributed by atoms with E-state index in [0.717, 1.165) is 24.3 Å². The Kier molecular flexibility index (Phi) is 3.96. The monoisotopic (exact) mass is 337 g/mol. The van der Waals surface area contributed by atoms with E-state index in [0.29, 0.717) is 5.65 Å². The molecule has 2 aromatic heterocycles. The van der Waals surface area contributed by atoms with Crippen LogP contribution in [0.5, 0.6) is 0 Å². The van der Waals surface area contributed by atoms with Gasteiger partial charge in [0.25, 0.3) is 0 Å². The highest BCUT2D eigenvalue weighted by Gasteiger charge is 2.30. The molecule has 0 saturated heterocycles. The maximum atomic E-state index is 13.9. The smallest absolute Gasteiger partial charge is 0.326 e. The number of anilines is 1. The Labute approximate surface area is 133 Å². The second kappa shape index (κ2) is 5.95. The third-order valence-corrected chi connectivity index (χ3v) is 3.44. The molecule has 3 aromatic rings. The van der Waals surface area contributed by atoms with Crippen molar-refractivity contribution in [2.75, 3.05) is 5.32 Å². The van der Waals surface area contributed by atoms with Gasteiger partial charge in [-0.2, -0.15) is 13.2 Å². The molecule has 8 heteroatoms. The summed E-state index contributed by atoms with van der Waals surface area (Å²) >= 11 is 0. The largest absolute Gasteiger partial charge is 0.416 e. The van der Waals surface area contributed by atoms with Gasteiger partial charge < -0.3 is 9.72 Å². The molecule has 0 aliphatic rings. The molecule has 1 aromatic carbocycles. The minimum atomic E-state index is -4.44. The average Bonchev–Trinajstić information content (AvgIpc) is 2.98. The summed E-state index contributed by atoms with van der Waals surface area (Å²) in [6, 6.07) is 6.72. The number of hydrogen-bond donors (Lipinski definition) is 1. The van der Waals surface area contributed by atoms with Crippen LogP contribution >= 0.6 is 0 Å². The van der Waals surface area contributed by atoms with Crippen LogP contribution in [-0.2, 0) is 17.4 Å². The number of amides is 1. The third kappa shape index (κ3) is 3.22. The zero-order valence-electron chi connectivity index (χ0n) is 12.1. The van der Waals surface area contributed by atoms with E-state index in [4.69, 9.17) is 0 Å². The van der Waals surface area contributed by atoms with Gasteiger partial charge in [-0.3, -0.25) is 4.79 Å². The Morgan fingerprint density at radius 3 is 2.50 bits per heavy atom. The van der Waals surface area contributed by atoms with E-state index in [1.165, 1.54) is 28.9 Å². The summed E-state index contributed by atoms with van der Waals surface area (Å²) < 4.78 is 52.9. The van der Waals surface area contributed by atoms with E-state index in [1.807, 2.05) is 0 Å². The molecule has 0 aliphatic carbocycles. The van der Waals surface area contributed by atoms with Gasteiger partial charge in [0.05, 0.1) is 17.7 Å². The number of imidazole rings is 1. The summed E-state index contributed by atoms with van der Waals surface area (Å²) in [5.74, 6) is -1.11. The van der Waals surface area contributed by atoms with Crippen molar-refractivity contribution >= 4 is 17.2 Å². The number of aromatic nitrogens is 2. The van der Waals surface area contributed by atoms with Gasteiger partial charge in [0.1, 0.15) is 11.5 Å². The van der Waals surface area contributed by atoms with Gasteiger partial charge >= 0.3 is 6.18 Å². The normalized spacial score (nSPS) is 11.7. The number of carbonyl (C=O) groups excluding carboxylic acids is 1. The van der Waals surface area contributed by atoms with Crippen molar-refractivity contribution in [1.82, 2.24) is 9.38 Å². The first-order chi connectivity index (χ1) is 11.3. The Morgan fingerprint density at radius 2 is 1.83 bits per heavy atom. The fourth-order valence-corrected chi connectivity index (χ4v) is 2.29. The standard InChI is InChI=1S/C16H11F4N3O/c17-12-5-6-14-21-7-8-23(14)13(12)9-15(24)22-11-3-1-10(2-4-11)16(18,19)20/h1-8H,9H2,(H,22,24). The molecule has 4 nitrogen and oxygen atoms in total. The molecule has 0 unspecified atom stereocenters. The summed E-state index contributed by atoms with van der Waals surface area (Å²) in [5, 5.41) is 2.45. The van der Waals surface area contributed by atoms with Crippen LogP contribution in [0.1, 0.15) is 11.3 Å². The van der Waals surface area contributed by atoms with Gasteiger partial charge in [-0.05, 0) is 36.4 Å². The molecule has 1 N–H and O–H groups in total. The molecule has 0 radical (unpaired) electrons. The molecule has 0 aliphatic heterocycles. The molecule has 2 heterocycles. The average molecular weight is 337 g/mol. The predicted molar refractivity (Wildman–Crippen MR) is 78.9 cm³/mol. The number of nitrogens with one attached hydrogen (secondary N) is 1. The maximum absolute atomic E-state index is 13.9. The van der Waals surface area contributed by atoms with E-state index in [1.54, 1.807) is 0 Å². The number of carbonyl (C=O) groups is 1. The lowest BCUT2D eigenvalue weighted by atomic mass is 10.2. The van der Waals surface area contributed by atoms with Crippen molar-refractivity contribution in [1.29, 1.82) is 0 Å². The topological polar surface area (TPSA) is 46.4 Å². The van der Waals surface area contributed by atoms with Crippen molar-refractivity contribution in [2.24, 2.45) is 0 Å². The molecule has 0 saturated carbocycles. The van der Waals surface area contributed by atoms with Crippen molar-refractivity contribution in [2.45, 2.75) is 12.6 Å². The van der Waals surface area contributed by atoms with Gasteiger partial charge in [-0.15, -0.1) is 0 Å². The number of halogens is 4. The highest BCUT2D eigenvalue weighted by Crippen LogP contribution is 2.29. The maximum Gasteiger partial charge on any atom is 0.416 e. The van der Waals surface area contributed by atoms with Crippen LogP contribution in [0.4, 0.5) is 23.2 Å². The fourth-order valence-electron chi connectivity index (χ4n) is 2.29. The van der Waals surface area contributed by atoms with Crippen molar-refractivity contribution < 1.29 is 22.4 Å². The number of nitrogens with zero attached hydrogens (tertiary/aromatic N) is 2. The Balaban J connectivity index is 1.76. The highest BCUT2D eigenvalue weighted by atomic mass is 19.4. The number of hydrogen-bond acceptors (Lipinski definition) is 2. The molecule has 24 heavy (non-hydrogen) atoms. The van der Waals surface area contributed by atoms with Gasteiger partial charge in [0.15, 0.2) is 0 Å². The lowest BCUT2D eigenvalue weighted by molar-refractivity contribution is -0.137. The number of alkyl halides is 3. The van der Waals surface area contributed by atoms with E-state index in [9.17, 15) is 22.4 Å². The summed E-state index contributed by atoms with van der Waals surface area (Å²) in [6.07, 6.45) is -1.71. The van der Waals surface area contributed by atoms with Crippen molar-refractivity contribution in [3.8, 4) is 0 Å². The second-order valence-electron chi connectivity index (χ2n) is 5.08. The summed E-state index contributed by atoms with van der Waals surface area (Å²) in [4.78, 5) is 16.1. The minimum absolute atomic E-state index is 0.120. The lowest BCUT2D eigenvalue weighted by Gasteiger charge is -2.10. The van der Waals surface area contributed by atoms with E-state index in [2.05, 4.69) is 10.3 Å². The van der Waals surface area contributed by atoms with Crippen LogP contribution in [0.25, 0.3) is 5.65 Å². The molecular formula is C16H11F4N3O. The van der Waals surface area contributed by atoms with Crippen LogP contribution in [0.2, 0.25) is 0 Å². The van der Waals surface area contributed by atoms with E-state index in [-0.39, 0.29) is 17.8 Å². The number of rotatable bonds is 3. The van der Waals surface area contributed by atoms with Gasteiger partial charge in [0.2, 0.25) is 5.91 Å². The second-order valence-corrected chi connectivity index (χ2v) is 5.08. The predicted octanol–water partition coefficient (Wildman–Crippen LogP) is 3.67. The van der Waals surface area contributed by atoms with Gasteiger partial charge in [-0.1, -0.05) is 0 Å². The number of benzene rings is 1. The molecule has 0 fully saturated rings. The van der Waals surface area contributed by atoms with Crippen molar-refractivity contribution in [3.05, 3.63) is 65.9 Å². The quantitative estimate of drug-likeness (QED) is 0.741. The number of fused-ring (bicyclic) bond motifs is 1. The molecular weight excluding hydrogens is 326 g/mol. The first-order valence-corrected chi connectivity index (χ1v) is 6.92. The first-order valence-electron chi connectivity index (χ1n) is 6.92. The molecule has 0 spiro atoms. The molecule has 3 rings (SSSR count). The Bertz CT molecular complexity index is 884. The minimum Gasteiger partial charge on any atom is -0.326 e.